The van der Waals surface area contributed by atoms with Crippen LogP contribution in [0.15, 0.2) is 42.7 Å². The highest BCUT2D eigenvalue weighted by Crippen LogP contribution is 2.40. The number of carbonyl (C=O) groups is 2. The molecular formula is C25H36N2O3. The summed E-state index contributed by atoms with van der Waals surface area (Å²) < 4.78 is 5.74. The lowest BCUT2D eigenvalue weighted by Gasteiger charge is -2.39. The Kier molecular flexibility index (Phi) is 8.50. The minimum absolute atomic E-state index is 0.159. The van der Waals surface area contributed by atoms with Gasteiger partial charge in [0.05, 0.1) is 6.61 Å². The average Bonchev–Trinajstić information content (AvgIpc) is 2.75. The standard InChI is InChI=1S/C25H36N2O3/c1-20-26-23(28)25(24(29)27-20,18-21-12-6-4-7-13-21)16-10-2-3-11-17-30-19-22-14-8-5-9-15-22/h5,8-9,14-15,21H,1-4,6-7,10-13,16-19H2,(H,26,28)(H,27,29). The molecule has 1 aliphatic carbocycles. The molecule has 1 saturated heterocycles. The summed E-state index contributed by atoms with van der Waals surface area (Å²) in [5, 5.41) is 5.58. The summed E-state index contributed by atoms with van der Waals surface area (Å²) in [6.07, 6.45) is 11.1. The van der Waals surface area contributed by atoms with Crippen LogP contribution in [0, 0.1) is 11.3 Å². The normalized spacial score (nSPS) is 19.4. The van der Waals surface area contributed by atoms with E-state index < -0.39 is 5.41 Å². The van der Waals surface area contributed by atoms with E-state index in [1.165, 1.54) is 24.8 Å². The van der Waals surface area contributed by atoms with E-state index >= 15 is 0 Å². The van der Waals surface area contributed by atoms with E-state index in [0.29, 0.717) is 31.2 Å². The molecule has 0 radical (unpaired) electrons. The van der Waals surface area contributed by atoms with Gasteiger partial charge < -0.3 is 15.4 Å². The van der Waals surface area contributed by atoms with Crippen molar-refractivity contribution < 1.29 is 14.3 Å². The Balaban J connectivity index is 1.42. The van der Waals surface area contributed by atoms with Gasteiger partial charge in [-0.25, -0.2) is 0 Å². The highest BCUT2D eigenvalue weighted by atomic mass is 16.5. The molecule has 1 heterocycles. The lowest BCUT2D eigenvalue weighted by atomic mass is 9.69. The number of carbonyl (C=O) groups excluding carboxylic acids is 2. The molecular weight excluding hydrogens is 376 g/mol. The first-order valence-corrected chi connectivity index (χ1v) is 11.5. The van der Waals surface area contributed by atoms with Gasteiger partial charge in [0, 0.05) is 6.61 Å². The second-order valence-corrected chi connectivity index (χ2v) is 8.88. The van der Waals surface area contributed by atoms with E-state index in [2.05, 4.69) is 29.3 Å². The van der Waals surface area contributed by atoms with Gasteiger partial charge in [-0.2, -0.15) is 0 Å². The van der Waals surface area contributed by atoms with Crippen LogP contribution in [0.5, 0.6) is 0 Å². The molecule has 3 rings (SSSR count). The van der Waals surface area contributed by atoms with Gasteiger partial charge in [-0.1, -0.05) is 88.3 Å². The molecule has 2 aliphatic rings. The average molecular weight is 413 g/mol. The van der Waals surface area contributed by atoms with E-state index in [1.807, 2.05) is 18.2 Å². The van der Waals surface area contributed by atoms with Crippen molar-refractivity contribution >= 4 is 11.8 Å². The van der Waals surface area contributed by atoms with Crippen molar-refractivity contribution in [2.75, 3.05) is 6.61 Å². The topological polar surface area (TPSA) is 67.4 Å². The molecule has 0 spiro atoms. The van der Waals surface area contributed by atoms with Gasteiger partial charge >= 0.3 is 0 Å². The maximum absolute atomic E-state index is 12.9. The number of rotatable bonds is 11. The Morgan fingerprint density at radius 2 is 1.60 bits per heavy atom. The number of nitrogens with one attached hydrogen (secondary N) is 2. The third kappa shape index (κ3) is 6.18. The van der Waals surface area contributed by atoms with Crippen molar-refractivity contribution in [3.63, 3.8) is 0 Å². The molecule has 30 heavy (non-hydrogen) atoms. The minimum Gasteiger partial charge on any atom is -0.377 e. The van der Waals surface area contributed by atoms with Crippen LogP contribution in [0.4, 0.5) is 0 Å². The number of amides is 2. The van der Waals surface area contributed by atoms with E-state index in [-0.39, 0.29) is 11.8 Å². The SMILES string of the molecule is C=C1NC(=O)C(CCCCCCOCc2ccccc2)(CC2CCCCC2)C(=O)N1. The summed E-state index contributed by atoms with van der Waals surface area (Å²) in [5.41, 5.74) is 0.255. The third-order valence-corrected chi connectivity index (χ3v) is 6.51. The van der Waals surface area contributed by atoms with E-state index in [9.17, 15) is 9.59 Å². The van der Waals surface area contributed by atoms with E-state index in [1.54, 1.807) is 0 Å². The molecule has 5 nitrogen and oxygen atoms in total. The van der Waals surface area contributed by atoms with Gasteiger partial charge in [0.15, 0.2) is 0 Å². The van der Waals surface area contributed by atoms with Crippen molar-refractivity contribution in [1.29, 1.82) is 0 Å². The van der Waals surface area contributed by atoms with Crippen LogP contribution in [0.2, 0.25) is 0 Å². The number of benzene rings is 1. The van der Waals surface area contributed by atoms with Crippen LogP contribution in [0.3, 0.4) is 0 Å². The summed E-state index contributed by atoms with van der Waals surface area (Å²) in [6.45, 7) is 5.10. The summed E-state index contributed by atoms with van der Waals surface area (Å²) >= 11 is 0. The second-order valence-electron chi connectivity index (χ2n) is 8.88. The zero-order valence-corrected chi connectivity index (χ0v) is 18.1. The van der Waals surface area contributed by atoms with E-state index in [0.717, 1.165) is 45.1 Å². The maximum Gasteiger partial charge on any atom is 0.241 e. The lowest BCUT2D eigenvalue weighted by molar-refractivity contribution is -0.148. The molecule has 2 fully saturated rings. The van der Waals surface area contributed by atoms with Gasteiger partial charge in [-0.15, -0.1) is 0 Å². The fourth-order valence-electron chi connectivity index (χ4n) is 4.80. The van der Waals surface area contributed by atoms with Crippen LogP contribution in [0.25, 0.3) is 0 Å². The second kappa shape index (κ2) is 11.3. The van der Waals surface area contributed by atoms with Crippen molar-refractivity contribution in [2.45, 2.75) is 77.2 Å². The first kappa shape index (κ1) is 22.5. The van der Waals surface area contributed by atoms with Crippen molar-refractivity contribution in [2.24, 2.45) is 11.3 Å². The van der Waals surface area contributed by atoms with Gasteiger partial charge in [-0.3, -0.25) is 9.59 Å². The first-order valence-electron chi connectivity index (χ1n) is 11.5. The Bertz CT molecular complexity index is 690. The highest BCUT2D eigenvalue weighted by Gasteiger charge is 2.49. The largest absolute Gasteiger partial charge is 0.377 e. The molecule has 0 bridgehead atoms. The van der Waals surface area contributed by atoms with Gasteiger partial charge in [-0.05, 0) is 30.7 Å². The fourth-order valence-corrected chi connectivity index (χ4v) is 4.80. The molecule has 0 aromatic heterocycles. The highest BCUT2D eigenvalue weighted by molar-refractivity contribution is 6.08. The molecule has 2 amide bonds. The Hall–Kier alpha value is -2.14. The van der Waals surface area contributed by atoms with Crippen LogP contribution < -0.4 is 10.6 Å². The van der Waals surface area contributed by atoms with Crippen LogP contribution in [0.1, 0.15) is 76.2 Å². The molecule has 164 valence electrons. The quantitative estimate of drug-likeness (QED) is 0.404. The number of unbranched alkanes of at least 4 members (excludes halogenated alkanes) is 3. The number of hydrogen-bond acceptors (Lipinski definition) is 3. The van der Waals surface area contributed by atoms with Crippen molar-refractivity contribution in [3.05, 3.63) is 48.3 Å². The minimum atomic E-state index is -0.937. The molecule has 1 saturated carbocycles. The lowest BCUT2D eigenvalue weighted by Crippen LogP contribution is -2.58. The van der Waals surface area contributed by atoms with Crippen molar-refractivity contribution in [3.8, 4) is 0 Å². The maximum atomic E-state index is 12.9. The van der Waals surface area contributed by atoms with Crippen molar-refractivity contribution in [1.82, 2.24) is 10.6 Å². The third-order valence-electron chi connectivity index (χ3n) is 6.51. The molecule has 5 heteroatoms. The molecule has 0 atom stereocenters. The molecule has 0 unspecified atom stereocenters. The zero-order valence-electron chi connectivity index (χ0n) is 18.1. The first-order chi connectivity index (χ1) is 14.6. The Morgan fingerprint density at radius 1 is 0.933 bits per heavy atom. The van der Waals surface area contributed by atoms with Gasteiger partial charge in [0.1, 0.15) is 11.2 Å². The predicted molar refractivity (Wildman–Crippen MR) is 118 cm³/mol. The molecule has 1 aromatic carbocycles. The summed E-state index contributed by atoms with van der Waals surface area (Å²) in [4.78, 5) is 25.8. The summed E-state index contributed by atoms with van der Waals surface area (Å²) in [7, 11) is 0. The Morgan fingerprint density at radius 3 is 2.30 bits per heavy atom. The van der Waals surface area contributed by atoms with Crippen LogP contribution in [-0.4, -0.2) is 18.4 Å². The number of ether oxygens (including phenoxy) is 1. The molecule has 2 N–H and O–H groups in total. The summed E-state index contributed by atoms with van der Waals surface area (Å²) in [5.74, 6) is 0.453. The Labute approximate surface area is 180 Å². The smallest absolute Gasteiger partial charge is 0.241 e. The van der Waals surface area contributed by atoms with Crippen LogP contribution >= 0.6 is 0 Å². The van der Waals surface area contributed by atoms with Crippen LogP contribution in [-0.2, 0) is 20.9 Å². The molecule has 1 aliphatic heterocycles. The van der Waals surface area contributed by atoms with Gasteiger partial charge in [0.2, 0.25) is 11.8 Å². The fraction of sp³-hybridized carbons (Fsp3) is 0.600. The summed E-state index contributed by atoms with van der Waals surface area (Å²) in [6, 6.07) is 10.2. The number of hydrogen-bond donors (Lipinski definition) is 2. The molecule has 1 aromatic rings. The van der Waals surface area contributed by atoms with Gasteiger partial charge in [0.25, 0.3) is 0 Å². The van der Waals surface area contributed by atoms with E-state index in [4.69, 9.17) is 4.74 Å². The predicted octanol–water partition coefficient (Wildman–Crippen LogP) is 4.83. The monoisotopic (exact) mass is 412 g/mol. The zero-order chi connectivity index (χ0) is 21.2.